The smallest absolute Gasteiger partial charge is 0.335 e. The van der Waals surface area contributed by atoms with Gasteiger partial charge in [0.05, 0.1) is 12.1 Å². The quantitative estimate of drug-likeness (QED) is 0.829. The predicted molar refractivity (Wildman–Crippen MR) is 63.0 cm³/mol. The van der Waals surface area contributed by atoms with Crippen LogP contribution in [0, 0.1) is 6.92 Å². The van der Waals surface area contributed by atoms with Gasteiger partial charge in [-0.25, -0.2) is 4.79 Å². The van der Waals surface area contributed by atoms with E-state index in [-0.39, 0.29) is 5.56 Å². The highest BCUT2D eigenvalue weighted by molar-refractivity contribution is 5.87. The number of nitrogens with zero attached hydrogens (tertiary/aromatic N) is 2. The van der Waals surface area contributed by atoms with E-state index in [1.54, 1.807) is 25.1 Å². The number of rotatable bonds is 5. The maximum atomic E-state index is 10.8. The second-order valence-corrected chi connectivity index (χ2v) is 3.84. The third-order valence-corrected chi connectivity index (χ3v) is 2.35. The lowest BCUT2D eigenvalue weighted by Gasteiger charge is -2.03. The van der Waals surface area contributed by atoms with E-state index in [1.807, 2.05) is 6.07 Å². The van der Waals surface area contributed by atoms with Gasteiger partial charge in [-0.2, -0.15) is 4.98 Å². The van der Waals surface area contributed by atoms with Crippen LogP contribution in [-0.2, 0) is 13.1 Å². The molecule has 0 bridgehead atoms. The number of carboxylic acid groups (broad SMARTS) is 1. The molecule has 0 atom stereocenters. The molecule has 0 fully saturated rings. The molecule has 6 heteroatoms. The van der Waals surface area contributed by atoms with Crippen molar-refractivity contribution in [3.8, 4) is 0 Å². The van der Waals surface area contributed by atoms with Crippen LogP contribution in [0.15, 0.2) is 28.8 Å². The van der Waals surface area contributed by atoms with Crippen LogP contribution >= 0.6 is 0 Å². The molecule has 94 valence electrons. The van der Waals surface area contributed by atoms with Gasteiger partial charge in [0, 0.05) is 6.54 Å². The first-order valence-corrected chi connectivity index (χ1v) is 5.47. The molecular weight excluding hydrogens is 234 g/mol. The largest absolute Gasteiger partial charge is 0.478 e. The van der Waals surface area contributed by atoms with Crippen LogP contribution in [0.25, 0.3) is 0 Å². The highest BCUT2D eigenvalue weighted by atomic mass is 16.5. The number of nitrogens with one attached hydrogen (secondary N) is 1. The van der Waals surface area contributed by atoms with E-state index in [9.17, 15) is 4.79 Å². The minimum atomic E-state index is -0.927. The lowest BCUT2D eigenvalue weighted by atomic mass is 10.1. The second-order valence-electron chi connectivity index (χ2n) is 3.84. The Morgan fingerprint density at radius 1 is 1.44 bits per heavy atom. The maximum absolute atomic E-state index is 10.8. The zero-order chi connectivity index (χ0) is 13.0. The SMILES string of the molecule is Cc1noc(CNCc2cccc(C(=O)O)c2)n1. The summed E-state index contributed by atoms with van der Waals surface area (Å²) in [6.45, 7) is 2.75. The molecule has 0 radical (unpaired) electrons. The van der Waals surface area contributed by atoms with E-state index >= 15 is 0 Å². The Hall–Kier alpha value is -2.21. The molecule has 2 aromatic rings. The molecule has 2 N–H and O–H groups in total. The normalized spacial score (nSPS) is 10.5. The molecule has 0 saturated carbocycles. The Morgan fingerprint density at radius 3 is 2.94 bits per heavy atom. The zero-order valence-electron chi connectivity index (χ0n) is 9.88. The number of aryl methyl sites for hydroxylation is 1. The second kappa shape index (κ2) is 5.42. The summed E-state index contributed by atoms with van der Waals surface area (Å²) in [7, 11) is 0. The van der Waals surface area contributed by atoms with E-state index < -0.39 is 5.97 Å². The van der Waals surface area contributed by atoms with Crippen molar-refractivity contribution in [1.29, 1.82) is 0 Å². The van der Waals surface area contributed by atoms with E-state index in [1.165, 1.54) is 0 Å². The molecule has 6 nitrogen and oxygen atoms in total. The average molecular weight is 247 g/mol. The number of hydrogen-bond acceptors (Lipinski definition) is 5. The lowest BCUT2D eigenvalue weighted by Crippen LogP contribution is -2.13. The third kappa shape index (κ3) is 3.14. The Labute approximate surface area is 104 Å². The van der Waals surface area contributed by atoms with Gasteiger partial charge in [-0.15, -0.1) is 0 Å². The van der Waals surface area contributed by atoms with Gasteiger partial charge in [0.25, 0.3) is 0 Å². The third-order valence-electron chi connectivity index (χ3n) is 2.35. The molecule has 0 unspecified atom stereocenters. The fraction of sp³-hybridized carbons (Fsp3) is 0.250. The zero-order valence-corrected chi connectivity index (χ0v) is 9.88. The Balaban J connectivity index is 1.90. The molecule has 0 saturated heterocycles. The van der Waals surface area contributed by atoms with E-state index in [0.29, 0.717) is 24.8 Å². The molecule has 18 heavy (non-hydrogen) atoms. The summed E-state index contributed by atoms with van der Waals surface area (Å²) in [5.74, 6) is 0.186. The number of benzene rings is 1. The molecule has 0 amide bonds. The molecule has 2 rings (SSSR count). The summed E-state index contributed by atoms with van der Waals surface area (Å²) in [5.41, 5.74) is 1.18. The summed E-state index contributed by atoms with van der Waals surface area (Å²) >= 11 is 0. The highest BCUT2D eigenvalue weighted by Crippen LogP contribution is 2.05. The van der Waals surface area contributed by atoms with Crippen LogP contribution in [-0.4, -0.2) is 21.2 Å². The Bertz CT molecular complexity index is 551. The summed E-state index contributed by atoms with van der Waals surface area (Å²) in [4.78, 5) is 14.9. The van der Waals surface area contributed by atoms with Crippen LogP contribution in [0.3, 0.4) is 0 Å². The van der Waals surface area contributed by atoms with Gasteiger partial charge in [0.1, 0.15) is 0 Å². The number of aromatic nitrogens is 2. The van der Waals surface area contributed by atoms with E-state index in [4.69, 9.17) is 9.63 Å². The van der Waals surface area contributed by atoms with Crippen molar-refractivity contribution < 1.29 is 14.4 Å². The van der Waals surface area contributed by atoms with Crippen molar-refractivity contribution in [2.45, 2.75) is 20.0 Å². The first-order valence-electron chi connectivity index (χ1n) is 5.47. The average Bonchev–Trinajstić information content (AvgIpc) is 2.75. The topological polar surface area (TPSA) is 88.2 Å². The predicted octanol–water partition coefficient (Wildman–Crippen LogP) is 1.37. The van der Waals surface area contributed by atoms with Crippen molar-refractivity contribution in [3.63, 3.8) is 0 Å². The van der Waals surface area contributed by atoms with E-state index in [2.05, 4.69) is 15.5 Å². The minimum absolute atomic E-state index is 0.280. The van der Waals surface area contributed by atoms with Gasteiger partial charge < -0.3 is 14.9 Å². The van der Waals surface area contributed by atoms with Crippen molar-refractivity contribution >= 4 is 5.97 Å². The van der Waals surface area contributed by atoms with Gasteiger partial charge in [-0.05, 0) is 24.6 Å². The first kappa shape index (κ1) is 12.3. The molecular formula is C12H13N3O3. The number of hydrogen-bond donors (Lipinski definition) is 2. The number of aromatic carboxylic acids is 1. The fourth-order valence-corrected chi connectivity index (χ4v) is 1.54. The van der Waals surface area contributed by atoms with Gasteiger partial charge in [-0.1, -0.05) is 17.3 Å². The van der Waals surface area contributed by atoms with Gasteiger partial charge >= 0.3 is 5.97 Å². The molecule has 0 spiro atoms. The number of carboxylic acids is 1. The maximum Gasteiger partial charge on any atom is 0.335 e. The van der Waals surface area contributed by atoms with Gasteiger partial charge in [-0.3, -0.25) is 0 Å². The molecule has 1 aromatic carbocycles. The standard InChI is InChI=1S/C12H13N3O3/c1-8-14-11(18-15-8)7-13-6-9-3-2-4-10(5-9)12(16)17/h2-5,13H,6-7H2,1H3,(H,16,17). The van der Waals surface area contributed by atoms with Crippen molar-refractivity contribution in [3.05, 3.63) is 47.1 Å². The number of carbonyl (C=O) groups is 1. The molecule has 0 aliphatic heterocycles. The van der Waals surface area contributed by atoms with Gasteiger partial charge in [0.15, 0.2) is 5.82 Å². The first-order chi connectivity index (χ1) is 8.65. The van der Waals surface area contributed by atoms with Crippen LogP contribution in [0.2, 0.25) is 0 Å². The monoisotopic (exact) mass is 247 g/mol. The summed E-state index contributed by atoms with van der Waals surface area (Å²) in [5, 5.41) is 15.6. The van der Waals surface area contributed by atoms with Crippen LogP contribution < -0.4 is 5.32 Å². The molecule has 0 aliphatic carbocycles. The summed E-state index contributed by atoms with van der Waals surface area (Å²) in [6.07, 6.45) is 0. The highest BCUT2D eigenvalue weighted by Gasteiger charge is 2.04. The van der Waals surface area contributed by atoms with Crippen molar-refractivity contribution in [2.24, 2.45) is 0 Å². The molecule has 1 aromatic heterocycles. The Kier molecular flexibility index (Phi) is 3.69. The van der Waals surface area contributed by atoms with Crippen molar-refractivity contribution in [2.75, 3.05) is 0 Å². The minimum Gasteiger partial charge on any atom is -0.478 e. The van der Waals surface area contributed by atoms with Crippen LogP contribution in [0.1, 0.15) is 27.6 Å². The Morgan fingerprint density at radius 2 is 2.28 bits per heavy atom. The molecule has 1 heterocycles. The summed E-state index contributed by atoms with van der Waals surface area (Å²) in [6, 6.07) is 6.78. The summed E-state index contributed by atoms with van der Waals surface area (Å²) < 4.78 is 4.95. The van der Waals surface area contributed by atoms with E-state index in [0.717, 1.165) is 5.56 Å². The fourth-order valence-electron chi connectivity index (χ4n) is 1.54. The van der Waals surface area contributed by atoms with Crippen LogP contribution in [0.4, 0.5) is 0 Å². The van der Waals surface area contributed by atoms with Crippen molar-refractivity contribution in [1.82, 2.24) is 15.5 Å². The van der Waals surface area contributed by atoms with Crippen LogP contribution in [0.5, 0.6) is 0 Å². The molecule has 0 aliphatic rings. The van der Waals surface area contributed by atoms with Gasteiger partial charge in [0.2, 0.25) is 5.89 Å². The lowest BCUT2D eigenvalue weighted by molar-refractivity contribution is 0.0696.